The third-order valence-corrected chi connectivity index (χ3v) is 6.09. The summed E-state index contributed by atoms with van der Waals surface area (Å²) in [6.07, 6.45) is 4.06. The zero-order chi connectivity index (χ0) is 22.8. The molecule has 0 bridgehead atoms. The first-order valence-corrected chi connectivity index (χ1v) is 11.1. The SMILES string of the molecule is CCc1ccc(NC(=O)C2CCCN(c3ncnc4onc(-c5ccc(F)cc5)c34)C2)cc1. The van der Waals surface area contributed by atoms with Crippen LogP contribution in [0.3, 0.4) is 0 Å². The molecule has 1 N–H and O–H groups in total. The molecule has 5 rings (SSSR count). The molecule has 8 heteroatoms. The summed E-state index contributed by atoms with van der Waals surface area (Å²) in [6, 6.07) is 14.0. The standard InChI is InChI=1S/C25H24FN5O2/c1-2-16-5-11-20(12-6-16)29-24(32)18-4-3-13-31(14-18)23-21-22(17-7-9-19(26)10-8-17)30-33-25(21)28-15-27-23/h5-12,15,18H,2-4,13-14H2,1H3,(H,29,32). The van der Waals surface area contributed by atoms with Crippen molar-refractivity contribution in [1.29, 1.82) is 0 Å². The fraction of sp³-hybridized carbons (Fsp3) is 0.280. The molecule has 168 valence electrons. The minimum atomic E-state index is -0.322. The van der Waals surface area contributed by atoms with Crippen LogP contribution in [0.2, 0.25) is 0 Å². The summed E-state index contributed by atoms with van der Waals surface area (Å²) in [5, 5.41) is 7.88. The van der Waals surface area contributed by atoms with Crippen LogP contribution in [-0.2, 0) is 11.2 Å². The van der Waals surface area contributed by atoms with Crippen molar-refractivity contribution in [2.75, 3.05) is 23.3 Å². The third-order valence-electron chi connectivity index (χ3n) is 6.09. The molecular formula is C25H24FN5O2. The summed E-state index contributed by atoms with van der Waals surface area (Å²) in [6.45, 7) is 3.39. The van der Waals surface area contributed by atoms with Gasteiger partial charge in [0, 0.05) is 24.3 Å². The summed E-state index contributed by atoms with van der Waals surface area (Å²) in [5.74, 6) is 0.171. The lowest BCUT2D eigenvalue weighted by atomic mass is 9.96. The monoisotopic (exact) mass is 445 g/mol. The quantitative estimate of drug-likeness (QED) is 0.473. The van der Waals surface area contributed by atoms with Gasteiger partial charge in [-0.1, -0.05) is 24.2 Å². The Morgan fingerprint density at radius 1 is 1.15 bits per heavy atom. The van der Waals surface area contributed by atoms with E-state index in [4.69, 9.17) is 4.52 Å². The number of carbonyl (C=O) groups excluding carboxylic acids is 1. The van der Waals surface area contributed by atoms with Gasteiger partial charge >= 0.3 is 0 Å². The molecule has 1 atom stereocenters. The van der Waals surface area contributed by atoms with Gasteiger partial charge in [0.25, 0.3) is 5.71 Å². The summed E-state index contributed by atoms with van der Waals surface area (Å²) < 4.78 is 18.8. The lowest BCUT2D eigenvalue weighted by Crippen LogP contribution is -2.41. The molecule has 0 radical (unpaired) electrons. The van der Waals surface area contributed by atoms with E-state index >= 15 is 0 Å². The van der Waals surface area contributed by atoms with Crippen molar-refractivity contribution in [3.8, 4) is 11.3 Å². The van der Waals surface area contributed by atoms with E-state index in [-0.39, 0.29) is 17.6 Å². The van der Waals surface area contributed by atoms with Gasteiger partial charge in [0.05, 0.1) is 5.92 Å². The molecule has 1 unspecified atom stereocenters. The molecule has 3 heterocycles. The van der Waals surface area contributed by atoms with Crippen molar-refractivity contribution in [2.45, 2.75) is 26.2 Å². The molecule has 1 fully saturated rings. The zero-order valence-corrected chi connectivity index (χ0v) is 18.3. The van der Waals surface area contributed by atoms with Crippen molar-refractivity contribution in [3.63, 3.8) is 0 Å². The molecule has 0 saturated carbocycles. The smallest absolute Gasteiger partial charge is 0.263 e. The average Bonchev–Trinajstić information content (AvgIpc) is 3.29. The van der Waals surface area contributed by atoms with E-state index in [1.807, 2.05) is 24.3 Å². The number of aryl methyl sites for hydroxylation is 1. The van der Waals surface area contributed by atoms with Crippen LogP contribution < -0.4 is 10.2 Å². The molecule has 0 aliphatic carbocycles. The van der Waals surface area contributed by atoms with Crippen molar-refractivity contribution < 1.29 is 13.7 Å². The Labute approximate surface area is 190 Å². The highest BCUT2D eigenvalue weighted by Gasteiger charge is 2.29. The second kappa shape index (κ2) is 8.97. The second-order valence-corrected chi connectivity index (χ2v) is 8.24. The Morgan fingerprint density at radius 3 is 2.70 bits per heavy atom. The first-order valence-electron chi connectivity index (χ1n) is 11.1. The fourth-order valence-electron chi connectivity index (χ4n) is 4.27. The van der Waals surface area contributed by atoms with Crippen LogP contribution in [0.25, 0.3) is 22.4 Å². The zero-order valence-electron chi connectivity index (χ0n) is 18.3. The third kappa shape index (κ3) is 4.28. The maximum Gasteiger partial charge on any atom is 0.263 e. The Bertz CT molecular complexity index is 1270. The number of piperidine rings is 1. The highest BCUT2D eigenvalue weighted by Crippen LogP contribution is 2.35. The van der Waals surface area contributed by atoms with Crippen molar-refractivity contribution in [1.82, 2.24) is 15.1 Å². The van der Waals surface area contributed by atoms with Gasteiger partial charge in [-0.25, -0.2) is 9.37 Å². The number of aromatic nitrogens is 3. The van der Waals surface area contributed by atoms with Gasteiger partial charge in [0.1, 0.15) is 29.0 Å². The Hall–Kier alpha value is -3.81. The number of anilines is 2. The number of halogens is 1. The summed E-state index contributed by atoms with van der Waals surface area (Å²) in [5.41, 5.74) is 3.67. The molecule has 1 saturated heterocycles. The van der Waals surface area contributed by atoms with Gasteiger partial charge in [0.15, 0.2) is 0 Å². The highest BCUT2D eigenvalue weighted by atomic mass is 19.1. The molecule has 0 spiro atoms. The number of hydrogen-bond donors (Lipinski definition) is 1. The molecule has 1 aliphatic heterocycles. The number of nitrogens with zero attached hydrogens (tertiary/aromatic N) is 4. The molecule has 1 amide bonds. The Kier molecular flexibility index (Phi) is 5.73. The molecule has 1 aliphatic rings. The lowest BCUT2D eigenvalue weighted by molar-refractivity contribution is -0.120. The van der Waals surface area contributed by atoms with E-state index < -0.39 is 0 Å². The van der Waals surface area contributed by atoms with Crippen LogP contribution >= 0.6 is 0 Å². The van der Waals surface area contributed by atoms with Crippen LogP contribution in [0.4, 0.5) is 15.9 Å². The summed E-state index contributed by atoms with van der Waals surface area (Å²) >= 11 is 0. The van der Waals surface area contributed by atoms with Gasteiger partial charge in [-0.15, -0.1) is 0 Å². The topological polar surface area (TPSA) is 84.2 Å². The number of amides is 1. The minimum absolute atomic E-state index is 0.00155. The van der Waals surface area contributed by atoms with Crippen LogP contribution in [0.5, 0.6) is 0 Å². The molecule has 4 aromatic rings. The molecule has 33 heavy (non-hydrogen) atoms. The molecular weight excluding hydrogens is 421 g/mol. The van der Waals surface area contributed by atoms with E-state index in [0.29, 0.717) is 34.7 Å². The largest absolute Gasteiger partial charge is 0.355 e. The van der Waals surface area contributed by atoms with Crippen molar-refractivity contribution in [3.05, 3.63) is 66.2 Å². The van der Waals surface area contributed by atoms with Crippen LogP contribution in [0.1, 0.15) is 25.3 Å². The number of fused-ring (bicyclic) bond motifs is 1. The maximum absolute atomic E-state index is 13.4. The van der Waals surface area contributed by atoms with Crippen LogP contribution in [-0.4, -0.2) is 34.1 Å². The number of carbonyl (C=O) groups is 1. The predicted molar refractivity (Wildman–Crippen MR) is 124 cm³/mol. The van der Waals surface area contributed by atoms with Gasteiger partial charge in [0.2, 0.25) is 5.91 Å². The molecule has 2 aromatic carbocycles. The summed E-state index contributed by atoms with van der Waals surface area (Å²) in [4.78, 5) is 23.8. The average molecular weight is 445 g/mol. The first-order chi connectivity index (χ1) is 16.1. The highest BCUT2D eigenvalue weighted by molar-refractivity contribution is 5.98. The Morgan fingerprint density at radius 2 is 1.94 bits per heavy atom. The predicted octanol–water partition coefficient (Wildman–Crippen LogP) is 4.84. The van der Waals surface area contributed by atoms with Gasteiger partial charge in [-0.05, 0) is 61.2 Å². The fourth-order valence-corrected chi connectivity index (χ4v) is 4.27. The summed E-state index contributed by atoms with van der Waals surface area (Å²) in [7, 11) is 0. The first kappa shape index (κ1) is 21.1. The van der Waals surface area contributed by atoms with E-state index in [0.717, 1.165) is 31.5 Å². The van der Waals surface area contributed by atoms with Crippen LogP contribution in [0, 0.1) is 11.7 Å². The van der Waals surface area contributed by atoms with Gasteiger partial charge in [-0.3, -0.25) is 4.79 Å². The van der Waals surface area contributed by atoms with E-state index in [1.54, 1.807) is 12.1 Å². The second-order valence-electron chi connectivity index (χ2n) is 8.24. The minimum Gasteiger partial charge on any atom is -0.355 e. The normalized spacial score (nSPS) is 16.2. The number of benzene rings is 2. The lowest BCUT2D eigenvalue weighted by Gasteiger charge is -2.33. The van der Waals surface area contributed by atoms with E-state index in [9.17, 15) is 9.18 Å². The number of hydrogen-bond acceptors (Lipinski definition) is 6. The number of rotatable bonds is 5. The molecule has 7 nitrogen and oxygen atoms in total. The van der Waals surface area contributed by atoms with E-state index in [2.05, 4.69) is 32.3 Å². The van der Waals surface area contributed by atoms with Gasteiger partial charge in [-0.2, -0.15) is 4.98 Å². The van der Waals surface area contributed by atoms with Crippen LogP contribution in [0.15, 0.2) is 59.4 Å². The number of nitrogens with one attached hydrogen (secondary N) is 1. The van der Waals surface area contributed by atoms with Gasteiger partial charge < -0.3 is 14.7 Å². The molecule has 2 aromatic heterocycles. The van der Waals surface area contributed by atoms with E-state index in [1.165, 1.54) is 24.0 Å². The van der Waals surface area contributed by atoms with Crippen molar-refractivity contribution >= 4 is 28.5 Å². The Balaban J connectivity index is 1.40. The van der Waals surface area contributed by atoms with Crippen molar-refractivity contribution in [2.24, 2.45) is 5.92 Å². The maximum atomic E-state index is 13.4.